The molecule has 1 heterocycles. The number of aromatic nitrogens is 2. The van der Waals surface area contributed by atoms with E-state index in [1.165, 1.54) is 25.1 Å². The number of aromatic hydroxyl groups is 1. The summed E-state index contributed by atoms with van der Waals surface area (Å²) in [7, 11) is 0. The molecule has 2 aromatic rings. The van der Waals surface area contributed by atoms with Crippen LogP contribution >= 0.6 is 0 Å². The van der Waals surface area contributed by atoms with Gasteiger partial charge in [-0.25, -0.2) is 4.98 Å². The van der Waals surface area contributed by atoms with Crippen molar-refractivity contribution < 1.29 is 5.11 Å². The molecule has 92 valence electrons. The predicted molar refractivity (Wildman–Crippen MR) is 68.3 cm³/mol. The number of benzene rings is 1. The molecule has 2 bridgehead atoms. The molecule has 3 saturated carbocycles. The number of rotatable bonds is 1. The van der Waals surface area contributed by atoms with Crippen molar-refractivity contribution >= 4 is 11.0 Å². The summed E-state index contributed by atoms with van der Waals surface area (Å²) in [5, 5.41) is 9.50. The lowest BCUT2D eigenvalue weighted by molar-refractivity contribution is 0.456. The van der Waals surface area contributed by atoms with Gasteiger partial charge in [-0.3, -0.25) is 0 Å². The van der Waals surface area contributed by atoms with Gasteiger partial charge < -0.3 is 10.1 Å². The van der Waals surface area contributed by atoms with Crippen LogP contribution in [0.15, 0.2) is 18.2 Å². The smallest absolute Gasteiger partial charge is 0.117 e. The van der Waals surface area contributed by atoms with Gasteiger partial charge in [0.1, 0.15) is 11.6 Å². The fraction of sp³-hybridized carbons (Fsp3) is 0.533. The van der Waals surface area contributed by atoms with Crippen LogP contribution in [0, 0.1) is 23.7 Å². The summed E-state index contributed by atoms with van der Waals surface area (Å²) in [5.74, 6) is 5.95. The molecule has 0 aliphatic heterocycles. The van der Waals surface area contributed by atoms with Gasteiger partial charge in [-0.05, 0) is 55.1 Å². The Morgan fingerprint density at radius 3 is 2.72 bits per heavy atom. The van der Waals surface area contributed by atoms with Gasteiger partial charge in [0.05, 0.1) is 11.0 Å². The first-order chi connectivity index (χ1) is 8.81. The number of hydrogen-bond donors (Lipinski definition) is 2. The Balaban J connectivity index is 1.56. The number of nitrogens with one attached hydrogen (secondary N) is 1. The summed E-state index contributed by atoms with van der Waals surface area (Å²) in [5.41, 5.74) is 1.96. The van der Waals surface area contributed by atoms with Crippen molar-refractivity contribution in [1.82, 2.24) is 9.97 Å². The minimum Gasteiger partial charge on any atom is -0.508 e. The average Bonchev–Trinajstić information content (AvgIpc) is 2.75. The lowest BCUT2D eigenvalue weighted by atomic mass is 10.0. The number of fused-ring (bicyclic) bond motifs is 6. The molecule has 1 aromatic heterocycles. The van der Waals surface area contributed by atoms with E-state index < -0.39 is 0 Å². The van der Waals surface area contributed by atoms with Gasteiger partial charge in [-0.1, -0.05) is 0 Å². The number of aromatic amines is 1. The first-order valence-corrected chi connectivity index (χ1v) is 7.00. The molecule has 3 fully saturated rings. The van der Waals surface area contributed by atoms with E-state index in [9.17, 15) is 5.11 Å². The normalized spacial score (nSPS) is 40.3. The van der Waals surface area contributed by atoms with Crippen LogP contribution in [0.25, 0.3) is 11.0 Å². The quantitative estimate of drug-likeness (QED) is 0.805. The number of H-pyrrole nitrogens is 1. The largest absolute Gasteiger partial charge is 0.508 e. The minimum absolute atomic E-state index is 0.314. The maximum absolute atomic E-state index is 9.50. The van der Waals surface area contributed by atoms with Gasteiger partial charge in [-0.2, -0.15) is 0 Å². The highest BCUT2D eigenvalue weighted by molar-refractivity contribution is 5.77. The molecule has 3 aliphatic rings. The molecule has 0 saturated heterocycles. The van der Waals surface area contributed by atoms with Gasteiger partial charge in [0.15, 0.2) is 0 Å². The van der Waals surface area contributed by atoms with E-state index in [0.717, 1.165) is 34.7 Å². The maximum atomic E-state index is 9.50. The Morgan fingerprint density at radius 2 is 1.94 bits per heavy atom. The summed E-state index contributed by atoms with van der Waals surface area (Å²) in [6, 6.07) is 5.39. The zero-order valence-corrected chi connectivity index (χ0v) is 10.1. The number of hydrogen-bond acceptors (Lipinski definition) is 2. The molecule has 0 radical (unpaired) electrons. The number of phenolic OH excluding ortho intramolecular Hbond substituents is 1. The Bertz CT molecular complexity index is 631. The standard InChI is InChI=1S/C15H16N2O/c18-9-3-4-10-11(6-9)17-15(16-10)14-12-7-1-2-8(5-7)13(12)14/h3-4,6-8,12-14,18H,1-2,5H2,(H,16,17). The molecule has 4 atom stereocenters. The first-order valence-electron chi connectivity index (χ1n) is 7.00. The monoisotopic (exact) mass is 240 g/mol. The number of nitrogens with zero attached hydrogens (tertiary/aromatic N) is 1. The van der Waals surface area contributed by atoms with Crippen LogP contribution in [0.1, 0.15) is 31.0 Å². The maximum Gasteiger partial charge on any atom is 0.117 e. The van der Waals surface area contributed by atoms with Crippen LogP contribution in [0.2, 0.25) is 0 Å². The lowest BCUT2D eigenvalue weighted by Crippen LogP contribution is -1.98. The zero-order chi connectivity index (χ0) is 11.9. The molecule has 3 aliphatic carbocycles. The molecule has 4 unspecified atom stereocenters. The fourth-order valence-electron chi connectivity index (χ4n) is 4.87. The topological polar surface area (TPSA) is 48.9 Å². The van der Waals surface area contributed by atoms with E-state index in [1.807, 2.05) is 6.07 Å². The van der Waals surface area contributed by atoms with Crippen molar-refractivity contribution in [2.75, 3.05) is 0 Å². The second-order valence-corrected chi connectivity index (χ2v) is 6.34. The van der Waals surface area contributed by atoms with Crippen LogP contribution in [0.3, 0.4) is 0 Å². The Kier molecular flexibility index (Phi) is 1.52. The number of imidazole rings is 1. The van der Waals surface area contributed by atoms with E-state index in [1.54, 1.807) is 12.1 Å². The molecule has 3 heteroatoms. The molecule has 3 nitrogen and oxygen atoms in total. The molecule has 0 spiro atoms. The van der Waals surface area contributed by atoms with Crippen molar-refractivity contribution in [3.8, 4) is 5.75 Å². The Hall–Kier alpha value is -1.51. The predicted octanol–water partition coefficient (Wildman–Crippen LogP) is 3.03. The van der Waals surface area contributed by atoms with Crippen molar-refractivity contribution in [1.29, 1.82) is 0 Å². The zero-order valence-electron chi connectivity index (χ0n) is 10.1. The summed E-state index contributed by atoms with van der Waals surface area (Å²) >= 11 is 0. The van der Waals surface area contributed by atoms with E-state index in [-0.39, 0.29) is 0 Å². The van der Waals surface area contributed by atoms with Crippen LogP contribution < -0.4 is 0 Å². The first kappa shape index (κ1) is 9.42. The van der Waals surface area contributed by atoms with Gasteiger partial charge in [0.2, 0.25) is 0 Å². The summed E-state index contributed by atoms with van der Waals surface area (Å²) in [6.07, 6.45) is 4.37. The van der Waals surface area contributed by atoms with Gasteiger partial charge >= 0.3 is 0 Å². The highest BCUT2D eigenvalue weighted by Gasteiger charge is 2.66. The van der Waals surface area contributed by atoms with Gasteiger partial charge in [0.25, 0.3) is 0 Å². The van der Waals surface area contributed by atoms with Crippen LogP contribution in [0.4, 0.5) is 0 Å². The Labute approximate surface area is 105 Å². The second kappa shape index (κ2) is 2.90. The summed E-state index contributed by atoms with van der Waals surface area (Å²) < 4.78 is 0. The molecule has 0 amide bonds. The highest BCUT2D eigenvalue weighted by atomic mass is 16.3. The van der Waals surface area contributed by atoms with E-state index >= 15 is 0 Å². The van der Waals surface area contributed by atoms with Crippen LogP contribution in [0.5, 0.6) is 5.75 Å². The third-order valence-electron chi connectivity index (χ3n) is 5.53. The molecule has 5 rings (SSSR count). The van der Waals surface area contributed by atoms with Gasteiger partial charge in [-0.15, -0.1) is 0 Å². The van der Waals surface area contributed by atoms with Crippen molar-refractivity contribution in [2.45, 2.75) is 25.2 Å². The molecule has 1 aromatic carbocycles. The molecule has 18 heavy (non-hydrogen) atoms. The molecular weight excluding hydrogens is 224 g/mol. The highest BCUT2D eigenvalue weighted by Crippen LogP contribution is 2.72. The van der Waals surface area contributed by atoms with E-state index in [2.05, 4.69) is 4.98 Å². The third kappa shape index (κ3) is 1.03. The number of phenols is 1. The van der Waals surface area contributed by atoms with Crippen molar-refractivity contribution in [3.63, 3.8) is 0 Å². The van der Waals surface area contributed by atoms with Crippen molar-refractivity contribution in [3.05, 3.63) is 24.0 Å². The fourth-order valence-corrected chi connectivity index (χ4v) is 4.87. The average molecular weight is 240 g/mol. The summed E-state index contributed by atoms with van der Waals surface area (Å²) in [4.78, 5) is 8.15. The van der Waals surface area contributed by atoms with Crippen LogP contribution in [-0.2, 0) is 0 Å². The summed E-state index contributed by atoms with van der Waals surface area (Å²) in [6.45, 7) is 0. The minimum atomic E-state index is 0.314. The SMILES string of the molecule is Oc1ccc2nc(C3C4C5CCC(C5)C34)[nH]c2c1. The van der Waals surface area contributed by atoms with E-state index in [4.69, 9.17) is 4.98 Å². The molecular formula is C15H16N2O. The lowest BCUT2D eigenvalue weighted by Gasteiger charge is -2.05. The Morgan fingerprint density at radius 1 is 1.17 bits per heavy atom. The van der Waals surface area contributed by atoms with Gasteiger partial charge in [0, 0.05) is 12.0 Å². The third-order valence-corrected chi connectivity index (χ3v) is 5.53. The van der Waals surface area contributed by atoms with E-state index in [0.29, 0.717) is 11.7 Å². The van der Waals surface area contributed by atoms with Crippen LogP contribution in [-0.4, -0.2) is 15.1 Å². The second-order valence-electron chi connectivity index (χ2n) is 6.34. The molecule has 2 N–H and O–H groups in total. The van der Waals surface area contributed by atoms with Crippen molar-refractivity contribution in [2.24, 2.45) is 23.7 Å².